The number of hydrogen-bond acceptors (Lipinski definition) is 3. The van der Waals surface area contributed by atoms with Crippen molar-refractivity contribution >= 4 is 9.84 Å². The van der Waals surface area contributed by atoms with Gasteiger partial charge in [-0.3, -0.25) is 4.57 Å². The number of hydrogen-bond donors (Lipinski definition) is 0. The largest absolute Gasteiger partial charge is 0.327 e. The van der Waals surface area contributed by atoms with Crippen LogP contribution >= 0.6 is 0 Å². The molecule has 13 heavy (non-hydrogen) atoms. The van der Waals surface area contributed by atoms with Crippen LogP contribution in [0.5, 0.6) is 0 Å². The lowest BCUT2D eigenvalue weighted by Crippen LogP contribution is -2.24. The van der Waals surface area contributed by atoms with Gasteiger partial charge in [-0.05, 0) is 0 Å². The van der Waals surface area contributed by atoms with Crippen molar-refractivity contribution in [1.29, 1.82) is 0 Å². The van der Waals surface area contributed by atoms with Crippen LogP contribution < -0.4 is 5.69 Å². The van der Waals surface area contributed by atoms with Crippen LogP contribution in [0.3, 0.4) is 0 Å². The highest BCUT2D eigenvalue weighted by atomic mass is 32.2. The molecular formula is C7H12N2O3S. The van der Waals surface area contributed by atoms with Crippen LogP contribution in [0.4, 0.5) is 0 Å². The van der Waals surface area contributed by atoms with Crippen molar-refractivity contribution in [1.82, 2.24) is 9.13 Å². The average Bonchev–Trinajstić information content (AvgIpc) is 2.29. The molecule has 1 aromatic rings. The summed E-state index contributed by atoms with van der Waals surface area (Å²) in [6, 6.07) is 0. The highest BCUT2D eigenvalue weighted by molar-refractivity contribution is 7.90. The second-order valence-corrected chi connectivity index (χ2v) is 5.27. The van der Waals surface area contributed by atoms with E-state index in [-0.39, 0.29) is 18.0 Å². The smallest absolute Gasteiger partial charge is 0.302 e. The first-order valence-corrected chi connectivity index (χ1v) is 5.86. The maximum Gasteiger partial charge on any atom is 0.327 e. The summed E-state index contributed by atoms with van der Waals surface area (Å²) < 4.78 is 24.4. The van der Waals surface area contributed by atoms with Gasteiger partial charge in [-0.15, -0.1) is 0 Å². The molecular weight excluding hydrogens is 192 g/mol. The molecule has 1 heterocycles. The Kier molecular flexibility index (Phi) is 2.60. The highest BCUT2D eigenvalue weighted by Crippen LogP contribution is 1.87. The average molecular weight is 204 g/mol. The van der Waals surface area contributed by atoms with Gasteiger partial charge in [0.25, 0.3) is 0 Å². The maximum atomic E-state index is 11.2. The summed E-state index contributed by atoms with van der Waals surface area (Å²) >= 11 is 0. The van der Waals surface area contributed by atoms with E-state index in [1.807, 2.05) is 0 Å². The molecule has 0 amide bonds. The molecule has 74 valence electrons. The minimum Gasteiger partial charge on any atom is -0.302 e. The standard InChI is InChI=1S/C7H12N2O3S/c1-8-3-4-9(7(8)10)5-6-13(2,11)12/h3-4H,5-6H2,1-2H3. The van der Waals surface area contributed by atoms with Gasteiger partial charge >= 0.3 is 5.69 Å². The summed E-state index contributed by atoms with van der Waals surface area (Å²) in [5, 5.41) is 0. The van der Waals surface area contributed by atoms with Gasteiger partial charge in [-0.2, -0.15) is 0 Å². The predicted octanol–water partition coefficient (Wildman–Crippen LogP) is -0.769. The number of aromatic nitrogens is 2. The summed E-state index contributed by atoms with van der Waals surface area (Å²) in [7, 11) is -1.37. The van der Waals surface area contributed by atoms with Gasteiger partial charge < -0.3 is 4.57 Å². The Bertz CT molecular complexity index is 441. The van der Waals surface area contributed by atoms with E-state index in [1.165, 1.54) is 9.13 Å². The van der Waals surface area contributed by atoms with Gasteiger partial charge in [0.05, 0.1) is 5.75 Å². The molecule has 0 spiro atoms. The molecule has 5 nitrogen and oxygen atoms in total. The minimum absolute atomic E-state index is 0.00306. The van der Waals surface area contributed by atoms with E-state index in [4.69, 9.17) is 0 Å². The number of sulfone groups is 1. The molecule has 6 heteroatoms. The molecule has 0 N–H and O–H groups in total. The third-order valence-electron chi connectivity index (χ3n) is 1.72. The van der Waals surface area contributed by atoms with Crippen LogP contribution in [0, 0.1) is 0 Å². The van der Waals surface area contributed by atoms with Crippen LogP contribution in [-0.2, 0) is 23.4 Å². The van der Waals surface area contributed by atoms with Gasteiger partial charge in [0.2, 0.25) is 0 Å². The third kappa shape index (κ3) is 2.73. The zero-order valence-electron chi connectivity index (χ0n) is 7.60. The van der Waals surface area contributed by atoms with Crippen molar-refractivity contribution in [3.8, 4) is 0 Å². The zero-order valence-corrected chi connectivity index (χ0v) is 8.41. The maximum absolute atomic E-state index is 11.2. The van der Waals surface area contributed by atoms with Gasteiger partial charge in [0.1, 0.15) is 9.84 Å². The fourth-order valence-corrected chi connectivity index (χ4v) is 1.47. The summed E-state index contributed by atoms with van der Waals surface area (Å²) in [6.45, 7) is 0.221. The fourth-order valence-electron chi connectivity index (χ4n) is 0.945. The molecule has 1 aromatic heterocycles. The topological polar surface area (TPSA) is 61.1 Å². The number of imidazole rings is 1. The third-order valence-corrected chi connectivity index (χ3v) is 2.64. The first-order chi connectivity index (χ1) is 5.90. The molecule has 0 aromatic carbocycles. The Labute approximate surface area is 76.5 Å². The lowest BCUT2D eigenvalue weighted by Gasteiger charge is -1.98. The van der Waals surface area contributed by atoms with E-state index in [0.29, 0.717) is 0 Å². The molecule has 0 bridgehead atoms. The fraction of sp³-hybridized carbons (Fsp3) is 0.571. The van der Waals surface area contributed by atoms with Crippen LogP contribution in [0.15, 0.2) is 17.2 Å². The normalized spacial score (nSPS) is 11.8. The molecule has 0 saturated heterocycles. The lowest BCUT2D eigenvalue weighted by atomic mass is 10.7. The summed E-state index contributed by atoms with van der Waals surface area (Å²) in [5.74, 6) is -0.00306. The Morgan fingerprint density at radius 3 is 2.38 bits per heavy atom. The first kappa shape index (κ1) is 10.0. The van der Waals surface area contributed by atoms with Crippen molar-refractivity contribution in [3.05, 3.63) is 22.9 Å². The highest BCUT2D eigenvalue weighted by Gasteiger charge is 2.04. The second-order valence-electron chi connectivity index (χ2n) is 3.01. The SMILES string of the molecule is Cn1ccn(CCS(C)(=O)=O)c1=O. The molecule has 0 radical (unpaired) electrons. The predicted molar refractivity (Wildman–Crippen MR) is 49.4 cm³/mol. The molecule has 0 aliphatic heterocycles. The van der Waals surface area contributed by atoms with E-state index in [2.05, 4.69) is 0 Å². The van der Waals surface area contributed by atoms with Gasteiger partial charge in [-0.1, -0.05) is 0 Å². The van der Waals surface area contributed by atoms with Crippen LogP contribution in [0.25, 0.3) is 0 Å². The molecule has 1 rings (SSSR count). The molecule has 0 aliphatic carbocycles. The van der Waals surface area contributed by atoms with Crippen LogP contribution in [0.2, 0.25) is 0 Å². The molecule has 0 fully saturated rings. The summed E-state index contributed by atoms with van der Waals surface area (Å²) in [4.78, 5) is 11.2. The lowest BCUT2D eigenvalue weighted by molar-refractivity contribution is 0.591. The van der Waals surface area contributed by atoms with E-state index in [0.717, 1.165) is 6.26 Å². The monoisotopic (exact) mass is 204 g/mol. The van der Waals surface area contributed by atoms with Gasteiger partial charge in [0.15, 0.2) is 0 Å². The van der Waals surface area contributed by atoms with Crippen LogP contribution in [0.1, 0.15) is 0 Å². The zero-order chi connectivity index (χ0) is 10.1. The Balaban J connectivity index is 2.77. The summed E-state index contributed by atoms with van der Waals surface area (Å²) in [6.07, 6.45) is 4.33. The number of nitrogens with zero attached hydrogens (tertiary/aromatic N) is 2. The van der Waals surface area contributed by atoms with Crippen molar-refractivity contribution in [2.24, 2.45) is 7.05 Å². The second kappa shape index (κ2) is 3.37. The Morgan fingerprint density at radius 1 is 1.38 bits per heavy atom. The minimum atomic E-state index is -3.00. The number of rotatable bonds is 3. The van der Waals surface area contributed by atoms with E-state index >= 15 is 0 Å². The van der Waals surface area contributed by atoms with E-state index < -0.39 is 9.84 Å². The molecule has 0 atom stereocenters. The molecule has 0 saturated carbocycles. The van der Waals surface area contributed by atoms with Crippen molar-refractivity contribution in [2.75, 3.05) is 12.0 Å². The van der Waals surface area contributed by atoms with E-state index in [9.17, 15) is 13.2 Å². The van der Waals surface area contributed by atoms with E-state index in [1.54, 1.807) is 19.4 Å². The first-order valence-electron chi connectivity index (χ1n) is 3.79. The van der Waals surface area contributed by atoms with Crippen molar-refractivity contribution in [2.45, 2.75) is 6.54 Å². The van der Waals surface area contributed by atoms with Crippen molar-refractivity contribution in [3.63, 3.8) is 0 Å². The van der Waals surface area contributed by atoms with Gasteiger partial charge in [-0.25, -0.2) is 13.2 Å². The number of aryl methyl sites for hydroxylation is 2. The van der Waals surface area contributed by atoms with Crippen LogP contribution in [-0.4, -0.2) is 29.6 Å². The Hall–Kier alpha value is -1.04. The molecule has 0 unspecified atom stereocenters. The van der Waals surface area contributed by atoms with Gasteiger partial charge in [0, 0.05) is 32.2 Å². The van der Waals surface area contributed by atoms with Crippen molar-refractivity contribution < 1.29 is 8.42 Å². The quantitative estimate of drug-likeness (QED) is 0.649. The molecule has 0 aliphatic rings. The Morgan fingerprint density at radius 2 is 2.00 bits per heavy atom. The summed E-state index contributed by atoms with van der Waals surface area (Å²) in [5.41, 5.74) is -0.191.